The summed E-state index contributed by atoms with van der Waals surface area (Å²) in [7, 11) is 0. The smallest absolute Gasteiger partial charge is 0.0316 e. The van der Waals surface area contributed by atoms with Gasteiger partial charge in [0.1, 0.15) is 0 Å². The Hall–Kier alpha value is -3.52. The summed E-state index contributed by atoms with van der Waals surface area (Å²) in [6, 6.07) is 31.7. The average Bonchev–Trinajstić information content (AvgIpc) is 3.00. The van der Waals surface area contributed by atoms with Crippen LogP contribution in [0.4, 0.5) is 11.4 Å². The first kappa shape index (κ1) is 32.4. The molecule has 0 bridgehead atoms. The molecule has 4 aromatic rings. The van der Waals surface area contributed by atoms with Gasteiger partial charge in [-0.25, -0.2) is 0 Å². The number of unbranched alkanes of at least 4 members (excludes halogenated alkanes) is 4. The molecule has 4 aromatic carbocycles. The van der Waals surface area contributed by atoms with Crippen molar-refractivity contribution < 1.29 is 0 Å². The molecule has 2 atom stereocenters. The van der Waals surface area contributed by atoms with E-state index >= 15 is 0 Å². The molecule has 43 heavy (non-hydrogen) atoms. The van der Waals surface area contributed by atoms with Crippen molar-refractivity contribution in [2.75, 3.05) is 11.5 Å². The molecular formula is C41H54N2. The van der Waals surface area contributed by atoms with Crippen LogP contribution in [0.15, 0.2) is 84.9 Å². The van der Waals surface area contributed by atoms with Gasteiger partial charge in [-0.15, -0.1) is 0 Å². The molecule has 0 spiro atoms. The first-order valence-electron chi connectivity index (χ1n) is 16.8. The van der Waals surface area contributed by atoms with Gasteiger partial charge in [0, 0.05) is 23.2 Å². The molecule has 0 aliphatic rings. The van der Waals surface area contributed by atoms with Crippen LogP contribution in [0.1, 0.15) is 128 Å². The first-order valence-corrected chi connectivity index (χ1v) is 16.8. The molecule has 0 aliphatic heterocycles. The Morgan fingerprint density at radius 3 is 1.23 bits per heavy atom. The fourth-order valence-electron chi connectivity index (χ4n) is 6.71. The molecule has 0 aromatic heterocycles. The first-order chi connectivity index (χ1) is 20.9. The van der Waals surface area contributed by atoms with Gasteiger partial charge in [0.25, 0.3) is 0 Å². The zero-order valence-electron chi connectivity index (χ0n) is 27.2. The van der Waals surface area contributed by atoms with Gasteiger partial charge < -0.3 is 11.5 Å². The lowest BCUT2D eigenvalue weighted by Gasteiger charge is -2.21. The third-order valence-corrected chi connectivity index (χ3v) is 9.23. The van der Waals surface area contributed by atoms with Crippen molar-refractivity contribution in [2.45, 2.75) is 110 Å². The van der Waals surface area contributed by atoms with Crippen LogP contribution in [0, 0.1) is 13.8 Å². The van der Waals surface area contributed by atoms with Crippen molar-refractivity contribution >= 4 is 11.4 Å². The van der Waals surface area contributed by atoms with E-state index in [0.29, 0.717) is 11.8 Å². The summed E-state index contributed by atoms with van der Waals surface area (Å²) in [5.41, 5.74) is 25.0. The highest BCUT2D eigenvalue weighted by atomic mass is 14.5. The minimum atomic E-state index is 0.433. The standard InChI is InChI=1S/C41H54N2/c1-5-7-9-14-40(38-26-24-36(42)28-30(38)3)34-20-16-32(17-21-34)12-11-13-33-18-22-35(23-19-33)41(15-10-8-6-2)39-27-25-37(43)29-31(39)4/h16-29,40-41H,5-15,42-43H2,1-4H3. The lowest BCUT2D eigenvalue weighted by Crippen LogP contribution is -2.05. The molecule has 0 saturated carbocycles. The molecule has 4 rings (SSSR count). The van der Waals surface area contributed by atoms with Crippen molar-refractivity contribution in [3.8, 4) is 0 Å². The maximum absolute atomic E-state index is 6.07. The van der Waals surface area contributed by atoms with Crippen molar-refractivity contribution in [1.82, 2.24) is 0 Å². The molecular weight excluding hydrogens is 520 g/mol. The molecule has 0 aliphatic carbocycles. The third kappa shape index (κ3) is 9.23. The lowest BCUT2D eigenvalue weighted by atomic mass is 9.84. The van der Waals surface area contributed by atoms with Gasteiger partial charge in [-0.2, -0.15) is 0 Å². The second-order valence-electron chi connectivity index (χ2n) is 12.7. The molecule has 2 nitrogen and oxygen atoms in total. The Morgan fingerprint density at radius 1 is 0.488 bits per heavy atom. The SMILES string of the molecule is CCCCCC(c1ccc(CCCc2ccc(C(CCCCC)c3ccc(N)cc3C)cc2)cc1)c1ccc(N)cc1C. The van der Waals surface area contributed by atoms with Gasteiger partial charge in [0.15, 0.2) is 0 Å². The van der Waals surface area contributed by atoms with E-state index in [1.807, 2.05) is 0 Å². The quantitative estimate of drug-likeness (QED) is 0.103. The van der Waals surface area contributed by atoms with Gasteiger partial charge in [0.2, 0.25) is 0 Å². The van der Waals surface area contributed by atoms with Gasteiger partial charge in [-0.3, -0.25) is 0 Å². The Morgan fingerprint density at radius 2 is 0.884 bits per heavy atom. The molecule has 0 fully saturated rings. The van der Waals surface area contributed by atoms with Gasteiger partial charge in [-0.1, -0.05) is 113 Å². The van der Waals surface area contributed by atoms with E-state index in [4.69, 9.17) is 11.5 Å². The van der Waals surface area contributed by atoms with Crippen LogP contribution in [0.2, 0.25) is 0 Å². The van der Waals surface area contributed by atoms with E-state index in [9.17, 15) is 0 Å². The Bertz CT molecular complexity index is 1290. The van der Waals surface area contributed by atoms with Gasteiger partial charge >= 0.3 is 0 Å². The summed E-state index contributed by atoms with van der Waals surface area (Å²) in [6.45, 7) is 8.96. The fourth-order valence-corrected chi connectivity index (χ4v) is 6.71. The topological polar surface area (TPSA) is 52.0 Å². The summed E-state index contributed by atoms with van der Waals surface area (Å²) in [6.07, 6.45) is 13.3. The number of rotatable bonds is 16. The van der Waals surface area contributed by atoms with Crippen molar-refractivity contribution in [1.29, 1.82) is 0 Å². The number of nitrogens with two attached hydrogens (primary N) is 2. The molecule has 2 heteroatoms. The summed E-state index contributed by atoms with van der Waals surface area (Å²) in [5.74, 6) is 0.866. The predicted molar refractivity (Wildman–Crippen MR) is 188 cm³/mol. The largest absolute Gasteiger partial charge is 0.399 e. The van der Waals surface area contributed by atoms with Gasteiger partial charge in [0.05, 0.1) is 0 Å². The summed E-state index contributed by atoms with van der Waals surface area (Å²) >= 11 is 0. The molecule has 4 N–H and O–H groups in total. The lowest BCUT2D eigenvalue weighted by molar-refractivity contribution is 0.616. The highest BCUT2D eigenvalue weighted by Gasteiger charge is 2.18. The monoisotopic (exact) mass is 574 g/mol. The molecule has 0 saturated heterocycles. The predicted octanol–water partition coefficient (Wildman–Crippen LogP) is 11.1. The normalized spacial score (nSPS) is 12.7. The summed E-state index contributed by atoms with van der Waals surface area (Å²) in [5, 5.41) is 0. The Balaban J connectivity index is 1.38. The molecule has 0 radical (unpaired) electrons. The van der Waals surface area contributed by atoms with E-state index in [-0.39, 0.29) is 0 Å². The number of benzene rings is 4. The highest BCUT2D eigenvalue weighted by Crippen LogP contribution is 2.35. The molecule has 0 amide bonds. The summed E-state index contributed by atoms with van der Waals surface area (Å²) < 4.78 is 0. The van der Waals surface area contributed by atoms with E-state index in [1.54, 1.807) is 0 Å². The number of hydrogen-bond donors (Lipinski definition) is 2. The van der Waals surface area contributed by atoms with Crippen LogP contribution < -0.4 is 11.5 Å². The van der Waals surface area contributed by atoms with Crippen LogP contribution in [0.5, 0.6) is 0 Å². The average molecular weight is 575 g/mol. The zero-order chi connectivity index (χ0) is 30.6. The van der Waals surface area contributed by atoms with E-state index < -0.39 is 0 Å². The second-order valence-corrected chi connectivity index (χ2v) is 12.7. The van der Waals surface area contributed by atoms with Crippen molar-refractivity contribution in [3.63, 3.8) is 0 Å². The van der Waals surface area contributed by atoms with E-state index in [0.717, 1.165) is 30.6 Å². The third-order valence-electron chi connectivity index (χ3n) is 9.23. The number of aryl methyl sites for hydroxylation is 4. The molecule has 228 valence electrons. The number of nitrogen functional groups attached to an aromatic ring is 2. The summed E-state index contributed by atoms with van der Waals surface area (Å²) in [4.78, 5) is 0. The van der Waals surface area contributed by atoms with E-state index in [2.05, 4.69) is 113 Å². The minimum absolute atomic E-state index is 0.433. The van der Waals surface area contributed by atoms with E-state index in [1.165, 1.54) is 95.9 Å². The fraction of sp³-hybridized carbons (Fsp3) is 0.415. The number of anilines is 2. The van der Waals surface area contributed by atoms with Crippen LogP contribution in [-0.2, 0) is 12.8 Å². The zero-order valence-corrected chi connectivity index (χ0v) is 27.2. The van der Waals surface area contributed by atoms with Gasteiger partial charge in [-0.05, 0) is 115 Å². The maximum Gasteiger partial charge on any atom is 0.0316 e. The van der Waals surface area contributed by atoms with Crippen LogP contribution >= 0.6 is 0 Å². The second kappa shape index (κ2) is 16.4. The van der Waals surface area contributed by atoms with Crippen molar-refractivity contribution in [3.05, 3.63) is 129 Å². The maximum atomic E-state index is 6.07. The molecule has 2 unspecified atom stereocenters. The number of hydrogen-bond acceptors (Lipinski definition) is 2. The van der Waals surface area contributed by atoms with Crippen LogP contribution in [0.3, 0.4) is 0 Å². The van der Waals surface area contributed by atoms with Crippen LogP contribution in [-0.4, -0.2) is 0 Å². The Labute approximate surface area is 261 Å². The highest BCUT2D eigenvalue weighted by molar-refractivity contribution is 5.49. The van der Waals surface area contributed by atoms with Crippen LogP contribution in [0.25, 0.3) is 0 Å². The molecule has 0 heterocycles. The van der Waals surface area contributed by atoms with Crippen molar-refractivity contribution in [2.24, 2.45) is 0 Å². The Kier molecular flexibility index (Phi) is 12.3. The minimum Gasteiger partial charge on any atom is -0.399 e.